The monoisotopic (exact) mass is 307 g/mol. The molecule has 2 rings (SSSR count). The Kier molecular flexibility index (Phi) is 4.89. The van der Waals surface area contributed by atoms with Crippen LogP contribution in [0.2, 0.25) is 5.15 Å². The number of nitrogens with one attached hydrogen (secondary N) is 2. The maximum absolute atomic E-state index is 10.9. The smallest absolute Gasteiger partial charge is 0.292 e. The third kappa shape index (κ3) is 4.28. The van der Waals surface area contributed by atoms with Crippen LogP contribution < -0.4 is 10.6 Å². The molecular weight excluding hydrogens is 294 g/mol. The van der Waals surface area contributed by atoms with Gasteiger partial charge in [-0.05, 0) is 13.0 Å². The van der Waals surface area contributed by atoms with E-state index in [1.807, 2.05) is 0 Å². The van der Waals surface area contributed by atoms with Gasteiger partial charge in [0.05, 0.1) is 4.92 Å². The zero-order chi connectivity index (χ0) is 15.2. The number of benzene rings is 1. The fraction of sp³-hybridized carbons (Fsp3) is 0.231. The van der Waals surface area contributed by atoms with E-state index in [1.165, 1.54) is 6.07 Å². The molecule has 1 aromatic carbocycles. The van der Waals surface area contributed by atoms with Crippen LogP contribution in [0.5, 0.6) is 0 Å². The maximum Gasteiger partial charge on any atom is 0.292 e. The summed E-state index contributed by atoms with van der Waals surface area (Å²) in [5.74, 6) is 1.20. The summed E-state index contributed by atoms with van der Waals surface area (Å²) in [6.45, 7) is 2.80. The highest BCUT2D eigenvalue weighted by Gasteiger charge is 2.11. The minimum atomic E-state index is -0.413. The largest absolute Gasteiger partial charge is 0.378 e. The summed E-state index contributed by atoms with van der Waals surface area (Å²) in [6.07, 6.45) is 0. The van der Waals surface area contributed by atoms with Crippen molar-refractivity contribution in [2.24, 2.45) is 0 Å². The molecule has 1 heterocycles. The number of aromatic nitrogens is 2. The quantitative estimate of drug-likeness (QED) is 0.369. The molecule has 7 nitrogen and oxygen atoms in total. The highest BCUT2D eigenvalue weighted by molar-refractivity contribution is 6.29. The molecule has 0 saturated heterocycles. The Morgan fingerprint density at radius 2 is 1.95 bits per heavy atom. The summed E-state index contributed by atoms with van der Waals surface area (Å²) in [6, 6.07) is 8.14. The van der Waals surface area contributed by atoms with Crippen molar-refractivity contribution in [3.05, 3.63) is 51.4 Å². The second-order valence-corrected chi connectivity index (χ2v) is 4.64. The average molecular weight is 308 g/mol. The first-order valence-corrected chi connectivity index (χ1v) is 6.66. The van der Waals surface area contributed by atoms with Gasteiger partial charge in [-0.1, -0.05) is 23.7 Å². The van der Waals surface area contributed by atoms with Gasteiger partial charge in [-0.2, -0.15) is 0 Å². The minimum Gasteiger partial charge on any atom is -0.378 e. The number of rotatable bonds is 6. The molecule has 0 spiro atoms. The van der Waals surface area contributed by atoms with E-state index < -0.39 is 4.92 Å². The highest BCUT2D eigenvalue weighted by Crippen LogP contribution is 2.22. The summed E-state index contributed by atoms with van der Waals surface area (Å²) in [7, 11) is 0. The van der Waals surface area contributed by atoms with Gasteiger partial charge in [-0.3, -0.25) is 10.1 Å². The Balaban J connectivity index is 1.89. The highest BCUT2D eigenvalue weighted by atomic mass is 35.5. The second kappa shape index (κ2) is 6.85. The molecule has 21 heavy (non-hydrogen) atoms. The van der Waals surface area contributed by atoms with Crippen molar-refractivity contribution in [3.63, 3.8) is 0 Å². The van der Waals surface area contributed by atoms with Crippen LogP contribution in [0.25, 0.3) is 0 Å². The third-order valence-electron chi connectivity index (χ3n) is 2.65. The lowest BCUT2D eigenvalue weighted by atomic mass is 10.2. The molecule has 8 heteroatoms. The van der Waals surface area contributed by atoms with Crippen molar-refractivity contribution < 1.29 is 4.92 Å². The van der Waals surface area contributed by atoms with Gasteiger partial charge in [-0.15, -0.1) is 0 Å². The molecule has 0 bridgehead atoms. The molecule has 0 aliphatic carbocycles. The SMILES string of the molecule is Cc1nc(Cl)cc(NCCNc2ccccc2[N+](=O)[O-])n1. The zero-order valence-corrected chi connectivity index (χ0v) is 12.1. The normalized spacial score (nSPS) is 10.2. The average Bonchev–Trinajstić information content (AvgIpc) is 2.43. The first-order valence-electron chi connectivity index (χ1n) is 6.28. The first kappa shape index (κ1) is 15.0. The van der Waals surface area contributed by atoms with Gasteiger partial charge >= 0.3 is 0 Å². The van der Waals surface area contributed by atoms with Crippen molar-refractivity contribution in [1.29, 1.82) is 0 Å². The standard InChI is InChI=1S/C13H14ClN5O2/c1-9-17-12(14)8-13(18-9)16-7-6-15-10-4-2-3-5-11(10)19(20)21/h2-5,8,15H,6-7H2,1H3,(H,16,17,18). The summed E-state index contributed by atoms with van der Waals surface area (Å²) < 4.78 is 0. The number of para-hydroxylation sites is 2. The van der Waals surface area contributed by atoms with E-state index in [2.05, 4.69) is 20.6 Å². The molecule has 0 radical (unpaired) electrons. The molecule has 0 unspecified atom stereocenters. The Bertz CT molecular complexity index is 630. The summed E-state index contributed by atoms with van der Waals surface area (Å²) >= 11 is 5.83. The van der Waals surface area contributed by atoms with Gasteiger partial charge in [0.1, 0.15) is 22.5 Å². The Labute approximate surface area is 126 Å². The molecular formula is C13H14ClN5O2. The summed E-state index contributed by atoms with van der Waals surface area (Å²) in [5.41, 5.74) is 0.541. The van der Waals surface area contributed by atoms with Gasteiger partial charge in [0.2, 0.25) is 0 Å². The number of nitro groups is 1. The lowest BCUT2D eigenvalue weighted by Gasteiger charge is -2.09. The number of hydrogen-bond acceptors (Lipinski definition) is 6. The van der Waals surface area contributed by atoms with E-state index in [1.54, 1.807) is 31.2 Å². The van der Waals surface area contributed by atoms with Crippen molar-refractivity contribution in [3.8, 4) is 0 Å². The van der Waals surface area contributed by atoms with Gasteiger partial charge < -0.3 is 10.6 Å². The molecule has 2 aromatic rings. The Morgan fingerprint density at radius 3 is 2.67 bits per heavy atom. The lowest BCUT2D eigenvalue weighted by Crippen LogP contribution is -2.15. The van der Waals surface area contributed by atoms with Crippen LogP contribution in [0.1, 0.15) is 5.82 Å². The van der Waals surface area contributed by atoms with Crippen molar-refractivity contribution in [2.75, 3.05) is 23.7 Å². The van der Waals surface area contributed by atoms with Gasteiger partial charge in [0.15, 0.2) is 0 Å². The minimum absolute atomic E-state index is 0.0541. The van der Waals surface area contributed by atoms with Crippen LogP contribution in [-0.4, -0.2) is 28.0 Å². The van der Waals surface area contributed by atoms with Gasteiger partial charge in [0.25, 0.3) is 5.69 Å². The fourth-order valence-corrected chi connectivity index (χ4v) is 2.02. The van der Waals surface area contributed by atoms with Crippen LogP contribution in [0.4, 0.5) is 17.2 Å². The number of halogens is 1. The predicted octanol–water partition coefficient (Wildman–Crippen LogP) is 2.87. The van der Waals surface area contributed by atoms with Crippen molar-refractivity contribution in [1.82, 2.24) is 9.97 Å². The molecule has 0 aliphatic heterocycles. The van der Waals surface area contributed by atoms with Crippen LogP contribution >= 0.6 is 11.6 Å². The van der Waals surface area contributed by atoms with E-state index in [-0.39, 0.29) is 5.69 Å². The number of anilines is 2. The van der Waals surface area contributed by atoms with Gasteiger partial charge in [-0.25, -0.2) is 9.97 Å². The van der Waals surface area contributed by atoms with Crippen LogP contribution in [0, 0.1) is 17.0 Å². The van der Waals surface area contributed by atoms with Crippen LogP contribution in [0.15, 0.2) is 30.3 Å². The summed E-state index contributed by atoms with van der Waals surface area (Å²) in [5, 5.41) is 17.3. The fourth-order valence-electron chi connectivity index (χ4n) is 1.79. The van der Waals surface area contributed by atoms with Crippen molar-refractivity contribution >= 4 is 28.8 Å². The van der Waals surface area contributed by atoms with Crippen LogP contribution in [0.3, 0.4) is 0 Å². The molecule has 0 aliphatic rings. The van der Waals surface area contributed by atoms with Gasteiger partial charge in [0, 0.05) is 25.2 Å². The van der Waals surface area contributed by atoms with E-state index in [4.69, 9.17) is 11.6 Å². The number of hydrogen-bond donors (Lipinski definition) is 2. The molecule has 0 saturated carbocycles. The third-order valence-corrected chi connectivity index (χ3v) is 2.85. The number of aryl methyl sites for hydroxylation is 1. The molecule has 0 fully saturated rings. The first-order chi connectivity index (χ1) is 10.1. The number of nitrogens with zero attached hydrogens (tertiary/aromatic N) is 3. The molecule has 110 valence electrons. The molecule has 2 N–H and O–H groups in total. The molecule has 1 aromatic heterocycles. The Hall–Kier alpha value is -2.41. The van der Waals surface area contributed by atoms with Crippen molar-refractivity contribution in [2.45, 2.75) is 6.92 Å². The predicted molar refractivity (Wildman–Crippen MR) is 81.9 cm³/mol. The van der Waals surface area contributed by atoms with E-state index in [0.29, 0.717) is 35.6 Å². The Morgan fingerprint density at radius 1 is 1.24 bits per heavy atom. The maximum atomic E-state index is 10.9. The summed E-state index contributed by atoms with van der Waals surface area (Å²) in [4.78, 5) is 18.6. The van der Waals surface area contributed by atoms with E-state index >= 15 is 0 Å². The van der Waals surface area contributed by atoms with Crippen LogP contribution in [-0.2, 0) is 0 Å². The molecule has 0 atom stereocenters. The van der Waals surface area contributed by atoms with E-state index in [9.17, 15) is 10.1 Å². The zero-order valence-electron chi connectivity index (χ0n) is 11.3. The lowest BCUT2D eigenvalue weighted by molar-refractivity contribution is -0.384. The van der Waals surface area contributed by atoms with E-state index in [0.717, 1.165) is 0 Å². The second-order valence-electron chi connectivity index (χ2n) is 4.25. The molecule has 0 amide bonds. The number of nitro benzene ring substituents is 1. The topological polar surface area (TPSA) is 93.0 Å².